The van der Waals surface area contributed by atoms with E-state index in [1.165, 1.54) is 25.1 Å². The summed E-state index contributed by atoms with van der Waals surface area (Å²) in [5, 5.41) is 14.8. The summed E-state index contributed by atoms with van der Waals surface area (Å²) in [7, 11) is 0. The highest BCUT2D eigenvalue weighted by molar-refractivity contribution is 6.31. The van der Waals surface area contributed by atoms with Crippen LogP contribution in [0.25, 0.3) is 0 Å². The van der Waals surface area contributed by atoms with E-state index < -0.39 is 35.7 Å². The van der Waals surface area contributed by atoms with Gasteiger partial charge in [0.05, 0.1) is 0 Å². The van der Waals surface area contributed by atoms with Gasteiger partial charge in [-0.25, -0.2) is 9.18 Å². The second kappa shape index (κ2) is 9.85. The molecule has 8 heteroatoms. The van der Waals surface area contributed by atoms with Gasteiger partial charge in [0, 0.05) is 24.8 Å². The van der Waals surface area contributed by atoms with Crippen LogP contribution in [0.15, 0.2) is 48.5 Å². The van der Waals surface area contributed by atoms with Crippen LogP contribution in [0.3, 0.4) is 0 Å². The molecule has 0 radical (unpaired) electrons. The minimum atomic E-state index is -1.24. The van der Waals surface area contributed by atoms with Gasteiger partial charge in [-0.3, -0.25) is 9.59 Å². The number of nitrogens with one attached hydrogen (secondary N) is 2. The molecule has 0 aliphatic rings. The second-order valence-electron chi connectivity index (χ2n) is 6.28. The molecule has 0 fully saturated rings. The molecule has 0 saturated heterocycles. The van der Waals surface area contributed by atoms with Gasteiger partial charge < -0.3 is 15.7 Å². The Labute approximate surface area is 166 Å². The van der Waals surface area contributed by atoms with Gasteiger partial charge in [-0.2, -0.15) is 0 Å². The van der Waals surface area contributed by atoms with E-state index in [4.69, 9.17) is 11.6 Å². The number of rotatable bonds is 8. The highest BCUT2D eigenvalue weighted by Gasteiger charge is 2.27. The van der Waals surface area contributed by atoms with E-state index in [1.54, 1.807) is 30.3 Å². The number of carbonyl (C=O) groups excluding carboxylic acids is 2. The van der Waals surface area contributed by atoms with Crippen LogP contribution < -0.4 is 10.6 Å². The molecular weight excluding hydrogens is 387 g/mol. The maximum Gasteiger partial charge on any atom is 0.326 e. The molecule has 0 aliphatic heterocycles. The molecule has 0 aromatic heterocycles. The predicted octanol–water partition coefficient (Wildman–Crippen LogP) is 2.34. The number of aliphatic carboxylic acids is 1. The predicted molar refractivity (Wildman–Crippen MR) is 102 cm³/mol. The molecule has 0 bridgehead atoms. The molecule has 3 N–H and O–H groups in total. The third-order valence-corrected chi connectivity index (χ3v) is 4.39. The van der Waals surface area contributed by atoms with Gasteiger partial charge in [-0.1, -0.05) is 41.9 Å². The zero-order valence-corrected chi connectivity index (χ0v) is 15.9. The number of halogens is 2. The van der Waals surface area contributed by atoms with E-state index in [2.05, 4.69) is 10.6 Å². The summed E-state index contributed by atoms with van der Waals surface area (Å²) < 4.78 is 13.4. The minimum absolute atomic E-state index is 0.0155. The Morgan fingerprint density at radius 3 is 2.36 bits per heavy atom. The fourth-order valence-electron chi connectivity index (χ4n) is 2.71. The van der Waals surface area contributed by atoms with Crippen molar-refractivity contribution in [3.63, 3.8) is 0 Å². The quantitative estimate of drug-likeness (QED) is 0.627. The van der Waals surface area contributed by atoms with Crippen molar-refractivity contribution in [1.82, 2.24) is 10.6 Å². The summed E-state index contributed by atoms with van der Waals surface area (Å²) in [5.41, 5.74) is 1.06. The van der Waals surface area contributed by atoms with Gasteiger partial charge >= 0.3 is 5.97 Å². The molecule has 2 amide bonds. The lowest BCUT2D eigenvalue weighted by atomic mass is 10.0. The maximum atomic E-state index is 13.4. The van der Waals surface area contributed by atoms with Crippen LogP contribution in [-0.4, -0.2) is 35.0 Å². The van der Waals surface area contributed by atoms with E-state index in [-0.39, 0.29) is 12.8 Å². The summed E-state index contributed by atoms with van der Waals surface area (Å²) in [5.74, 6) is -2.85. The van der Waals surface area contributed by atoms with Crippen molar-refractivity contribution in [3.8, 4) is 0 Å². The number of amides is 2. The zero-order valence-electron chi connectivity index (χ0n) is 15.1. The normalized spacial score (nSPS) is 12.7. The molecular formula is C20H20ClFN2O4. The van der Waals surface area contributed by atoms with Gasteiger partial charge in [0.2, 0.25) is 11.8 Å². The van der Waals surface area contributed by atoms with Crippen molar-refractivity contribution in [2.75, 3.05) is 0 Å². The Morgan fingerprint density at radius 1 is 1.04 bits per heavy atom. The number of carboxylic acid groups (broad SMARTS) is 1. The average Bonchev–Trinajstić information content (AvgIpc) is 2.61. The van der Waals surface area contributed by atoms with Gasteiger partial charge in [-0.05, 0) is 29.3 Å². The van der Waals surface area contributed by atoms with Gasteiger partial charge in [-0.15, -0.1) is 0 Å². The van der Waals surface area contributed by atoms with Crippen LogP contribution in [0.1, 0.15) is 18.1 Å². The largest absolute Gasteiger partial charge is 0.480 e. The standard InChI is InChI=1S/C20H20ClFN2O4/c1-12(25)23-17(10-13-5-4-7-15(22)9-13)19(26)24-18(20(27)28)11-14-6-2-3-8-16(14)21/h2-9,17-18H,10-11H2,1H3,(H,23,25)(H,24,26)(H,27,28)/t17-,18-/m1/s1. The lowest BCUT2D eigenvalue weighted by Crippen LogP contribution is -2.52. The van der Waals surface area contributed by atoms with Crippen LogP contribution in [0, 0.1) is 5.82 Å². The third-order valence-electron chi connectivity index (χ3n) is 4.02. The zero-order chi connectivity index (χ0) is 20.7. The van der Waals surface area contributed by atoms with E-state index >= 15 is 0 Å². The monoisotopic (exact) mass is 406 g/mol. The van der Waals surface area contributed by atoms with Crippen molar-refractivity contribution in [2.45, 2.75) is 31.8 Å². The molecule has 0 heterocycles. The Morgan fingerprint density at radius 2 is 1.75 bits per heavy atom. The Balaban J connectivity index is 2.15. The maximum absolute atomic E-state index is 13.4. The summed E-state index contributed by atoms with van der Waals surface area (Å²) in [4.78, 5) is 35.7. The van der Waals surface area contributed by atoms with Crippen LogP contribution in [0.5, 0.6) is 0 Å². The van der Waals surface area contributed by atoms with Crippen molar-refractivity contribution >= 4 is 29.4 Å². The molecule has 0 spiro atoms. The highest BCUT2D eigenvalue weighted by atomic mass is 35.5. The number of benzene rings is 2. The molecule has 28 heavy (non-hydrogen) atoms. The van der Waals surface area contributed by atoms with Crippen LogP contribution >= 0.6 is 11.6 Å². The SMILES string of the molecule is CC(=O)N[C@H](Cc1cccc(F)c1)C(=O)N[C@H](Cc1ccccc1Cl)C(=O)O. The van der Waals surface area contributed by atoms with E-state index in [1.807, 2.05) is 0 Å². The molecule has 0 aliphatic carbocycles. The summed E-state index contributed by atoms with van der Waals surface area (Å²) in [6.07, 6.45) is -0.00485. The van der Waals surface area contributed by atoms with Crippen LogP contribution in [-0.2, 0) is 27.2 Å². The van der Waals surface area contributed by atoms with Crippen molar-refractivity contribution in [2.24, 2.45) is 0 Å². The van der Waals surface area contributed by atoms with E-state index in [0.717, 1.165) is 0 Å². The molecule has 0 saturated carbocycles. The molecule has 2 atom stereocenters. The first-order valence-corrected chi connectivity index (χ1v) is 8.92. The Bertz CT molecular complexity index is 875. The van der Waals surface area contributed by atoms with Crippen LogP contribution in [0.2, 0.25) is 5.02 Å². The van der Waals surface area contributed by atoms with Gasteiger partial charge in [0.15, 0.2) is 0 Å². The second-order valence-corrected chi connectivity index (χ2v) is 6.69. The van der Waals surface area contributed by atoms with E-state index in [9.17, 15) is 23.9 Å². The van der Waals surface area contributed by atoms with Crippen LogP contribution in [0.4, 0.5) is 4.39 Å². The smallest absolute Gasteiger partial charge is 0.326 e. The molecule has 2 aromatic rings. The van der Waals surface area contributed by atoms with Gasteiger partial charge in [0.25, 0.3) is 0 Å². The number of hydrogen-bond donors (Lipinski definition) is 3. The fourth-order valence-corrected chi connectivity index (χ4v) is 2.92. The summed E-state index contributed by atoms with van der Waals surface area (Å²) in [6, 6.07) is 10.1. The lowest BCUT2D eigenvalue weighted by Gasteiger charge is -2.21. The minimum Gasteiger partial charge on any atom is -0.480 e. The molecule has 2 rings (SSSR count). The first kappa shape index (κ1) is 21.4. The molecule has 0 unspecified atom stereocenters. The topological polar surface area (TPSA) is 95.5 Å². The third kappa shape index (κ3) is 6.35. The van der Waals surface area contributed by atoms with Crippen molar-refractivity contribution in [3.05, 3.63) is 70.5 Å². The first-order valence-electron chi connectivity index (χ1n) is 8.54. The Kier molecular flexibility index (Phi) is 7.52. The Hall–Kier alpha value is -2.93. The van der Waals surface area contributed by atoms with Crippen molar-refractivity contribution in [1.29, 1.82) is 0 Å². The van der Waals surface area contributed by atoms with Crippen molar-refractivity contribution < 1.29 is 23.9 Å². The summed E-state index contributed by atoms with van der Waals surface area (Å²) in [6.45, 7) is 1.24. The molecule has 6 nitrogen and oxygen atoms in total. The summed E-state index contributed by atoms with van der Waals surface area (Å²) >= 11 is 6.06. The van der Waals surface area contributed by atoms with E-state index in [0.29, 0.717) is 16.1 Å². The highest BCUT2D eigenvalue weighted by Crippen LogP contribution is 2.17. The number of carbonyl (C=O) groups is 3. The number of hydrogen-bond acceptors (Lipinski definition) is 3. The lowest BCUT2D eigenvalue weighted by molar-refractivity contribution is -0.142. The number of carboxylic acids is 1. The van der Waals surface area contributed by atoms with Gasteiger partial charge in [0.1, 0.15) is 17.9 Å². The fraction of sp³-hybridized carbons (Fsp3) is 0.250. The average molecular weight is 407 g/mol. The molecule has 2 aromatic carbocycles. The first-order chi connectivity index (χ1) is 13.3. The molecule has 148 valence electrons.